The van der Waals surface area contributed by atoms with Gasteiger partial charge in [0.25, 0.3) is 0 Å². The van der Waals surface area contributed by atoms with Gasteiger partial charge in [-0.1, -0.05) is 12.1 Å². The zero-order valence-electron chi connectivity index (χ0n) is 13.2. The third-order valence-electron chi connectivity index (χ3n) is 4.06. The molecule has 6 heteroatoms. The maximum atomic E-state index is 12.6. The average Bonchev–Trinajstić information content (AvgIpc) is 3.22. The van der Waals surface area contributed by atoms with Crippen molar-refractivity contribution < 1.29 is 4.79 Å². The molecule has 1 aliphatic rings. The molecule has 3 aromatic rings. The van der Waals surface area contributed by atoms with E-state index < -0.39 is 0 Å². The number of nitrogens with one attached hydrogen (secondary N) is 1. The van der Waals surface area contributed by atoms with Crippen LogP contribution in [-0.4, -0.2) is 22.5 Å². The Morgan fingerprint density at radius 1 is 1.33 bits per heavy atom. The van der Waals surface area contributed by atoms with Crippen LogP contribution < -0.4 is 10.2 Å². The number of hydrogen-bond acceptors (Lipinski definition) is 4. The Kier molecular flexibility index (Phi) is 3.74. The van der Waals surface area contributed by atoms with Crippen molar-refractivity contribution in [2.24, 2.45) is 0 Å². The first-order valence-electron chi connectivity index (χ1n) is 7.75. The van der Waals surface area contributed by atoms with Crippen molar-refractivity contribution in [3.63, 3.8) is 0 Å². The van der Waals surface area contributed by atoms with E-state index in [-0.39, 0.29) is 6.03 Å². The number of rotatable bonds is 2. The number of aryl methyl sites for hydroxylation is 1. The van der Waals surface area contributed by atoms with Crippen LogP contribution in [0.25, 0.3) is 11.3 Å². The number of carbonyl (C=O) groups excluding carboxylic acids is 1. The average molecular weight is 336 g/mol. The Labute approximate surface area is 144 Å². The number of aromatic nitrogens is 2. The van der Waals surface area contributed by atoms with Gasteiger partial charge in [0.15, 0.2) is 5.13 Å². The van der Waals surface area contributed by atoms with Gasteiger partial charge in [-0.3, -0.25) is 15.2 Å². The van der Waals surface area contributed by atoms with E-state index >= 15 is 0 Å². The summed E-state index contributed by atoms with van der Waals surface area (Å²) in [5.74, 6) is 0. The van der Waals surface area contributed by atoms with Crippen molar-refractivity contribution in [2.45, 2.75) is 13.3 Å². The predicted octanol–water partition coefficient (Wildman–Crippen LogP) is 4.11. The summed E-state index contributed by atoms with van der Waals surface area (Å²) in [5.41, 5.74) is 5.13. The second-order valence-corrected chi connectivity index (χ2v) is 6.60. The van der Waals surface area contributed by atoms with Crippen LogP contribution >= 0.6 is 11.3 Å². The summed E-state index contributed by atoms with van der Waals surface area (Å²) in [6.07, 6.45) is 4.38. The number of nitrogens with zero attached hydrogens (tertiary/aromatic N) is 3. The lowest BCUT2D eigenvalue weighted by atomic mass is 10.1. The minimum atomic E-state index is -0.133. The Morgan fingerprint density at radius 2 is 2.25 bits per heavy atom. The molecule has 1 aromatic carbocycles. The molecule has 1 N–H and O–H groups in total. The van der Waals surface area contributed by atoms with Gasteiger partial charge in [-0.15, -0.1) is 11.3 Å². The third kappa shape index (κ3) is 2.76. The molecule has 4 rings (SSSR count). The van der Waals surface area contributed by atoms with Gasteiger partial charge in [0.2, 0.25) is 0 Å². The fourth-order valence-corrected chi connectivity index (χ4v) is 3.55. The van der Waals surface area contributed by atoms with Crippen LogP contribution in [0.15, 0.2) is 48.1 Å². The number of pyridine rings is 1. The number of carbonyl (C=O) groups is 1. The molecule has 3 heterocycles. The molecular formula is C18H16N4OS. The van der Waals surface area contributed by atoms with Gasteiger partial charge in [0.05, 0.1) is 5.69 Å². The molecule has 5 nitrogen and oxygen atoms in total. The molecule has 0 saturated carbocycles. The number of hydrogen-bond donors (Lipinski definition) is 1. The monoisotopic (exact) mass is 336 g/mol. The fourth-order valence-electron chi connectivity index (χ4n) is 2.84. The molecule has 0 spiro atoms. The van der Waals surface area contributed by atoms with Crippen molar-refractivity contribution in [2.75, 3.05) is 16.8 Å². The van der Waals surface area contributed by atoms with Crippen LogP contribution in [0.1, 0.15) is 11.1 Å². The number of fused-ring (bicyclic) bond motifs is 1. The van der Waals surface area contributed by atoms with Gasteiger partial charge in [0, 0.05) is 35.6 Å². The highest BCUT2D eigenvalue weighted by Crippen LogP contribution is 2.30. The zero-order chi connectivity index (χ0) is 16.5. The lowest BCUT2D eigenvalue weighted by Crippen LogP contribution is -2.33. The molecule has 0 radical (unpaired) electrons. The van der Waals surface area contributed by atoms with Gasteiger partial charge >= 0.3 is 6.03 Å². The van der Waals surface area contributed by atoms with Crippen LogP contribution in [0.2, 0.25) is 0 Å². The van der Waals surface area contributed by atoms with Gasteiger partial charge in [-0.05, 0) is 42.7 Å². The van der Waals surface area contributed by atoms with Crippen LogP contribution in [0.5, 0.6) is 0 Å². The molecule has 0 saturated heterocycles. The summed E-state index contributed by atoms with van der Waals surface area (Å²) in [5, 5.41) is 5.43. The smallest absolute Gasteiger partial charge is 0.294 e. The van der Waals surface area contributed by atoms with E-state index in [1.54, 1.807) is 17.3 Å². The molecular weight excluding hydrogens is 320 g/mol. The van der Waals surface area contributed by atoms with Crippen LogP contribution in [0, 0.1) is 6.92 Å². The van der Waals surface area contributed by atoms with Crippen molar-refractivity contribution in [3.8, 4) is 11.3 Å². The molecule has 2 aromatic heterocycles. The fraction of sp³-hybridized carbons (Fsp3) is 0.167. The normalized spacial score (nSPS) is 13.0. The first-order chi connectivity index (χ1) is 11.7. The Morgan fingerprint density at radius 3 is 3.08 bits per heavy atom. The highest BCUT2D eigenvalue weighted by atomic mass is 32.1. The van der Waals surface area contributed by atoms with Gasteiger partial charge in [-0.25, -0.2) is 9.78 Å². The molecule has 2 amide bonds. The van der Waals surface area contributed by atoms with Crippen LogP contribution in [0.4, 0.5) is 15.6 Å². The molecule has 1 aliphatic heterocycles. The van der Waals surface area contributed by atoms with E-state index in [4.69, 9.17) is 0 Å². The maximum absolute atomic E-state index is 12.6. The first-order valence-corrected chi connectivity index (χ1v) is 8.62. The first kappa shape index (κ1) is 14.8. The number of anilines is 2. The van der Waals surface area contributed by atoms with Crippen LogP contribution in [0.3, 0.4) is 0 Å². The summed E-state index contributed by atoms with van der Waals surface area (Å²) in [6, 6.07) is 9.93. The molecule has 120 valence electrons. The quantitative estimate of drug-likeness (QED) is 0.766. The largest absolute Gasteiger partial charge is 0.328 e. The second-order valence-electron chi connectivity index (χ2n) is 5.74. The SMILES string of the molecule is Cc1ccc2c(c1)N(C(=O)Nc1nc(-c3cccnc3)cs1)CC2. The van der Waals surface area contributed by atoms with Gasteiger partial charge in [0.1, 0.15) is 0 Å². The Balaban J connectivity index is 1.52. The number of urea groups is 1. The number of thiazole rings is 1. The van der Waals surface area contributed by atoms with E-state index in [1.165, 1.54) is 16.9 Å². The van der Waals surface area contributed by atoms with E-state index in [0.29, 0.717) is 11.7 Å². The van der Waals surface area contributed by atoms with Crippen molar-refractivity contribution in [3.05, 3.63) is 59.2 Å². The van der Waals surface area contributed by atoms with Crippen molar-refractivity contribution in [1.82, 2.24) is 9.97 Å². The third-order valence-corrected chi connectivity index (χ3v) is 4.81. The molecule has 0 aliphatic carbocycles. The van der Waals surface area contributed by atoms with Gasteiger partial charge in [-0.2, -0.15) is 0 Å². The molecule has 0 fully saturated rings. The molecule has 0 unspecified atom stereocenters. The summed E-state index contributed by atoms with van der Waals surface area (Å²) in [4.78, 5) is 23.0. The second kappa shape index (κ2) is 6.05. The standard InChI is InChI=1S/C18H16N4OS/c1-12-4-5-13-6-8-22(16(13)9-12)18(23)21-17-20-15(11-24-17)14-3-2-7-19-10-14/h2-5,7,9-11H,6,8H2,1H3,(H,20,21,23). The number of benzene rings is 1. The minimum Gasteiger partial charge on any atom is -0.294 e. The molecule has 24 heavy (non-hydrogen) atoms. The molecule has 0 bridgehead atoms. The number of amides is 2. The van der Waals surface area contributed by atoms with Crippen LogP contribution in [-0.2, 0) is 6.42 Å². The summed E-state index contributed by atoms with van der Waals surface area (Å²) in [6.45, 7) is 2.74. The van der Waals surface area contributed by atoms with E-state index in [2.05, 4.69) is 33.5 Å². The van der Waals surface area contributed by atoms with E-state index in [9.17, 15) is 4.79 Å². The Bertz CT molecular complexity index is 891. The summed E-state index contributed by atoms with van der Waals surface area (Å²) in [7, 11) is 0. The Hall–Kier alpha value is -2.73. The maximum Gasteiger partial charge on any atom is 0.328 e. The van der Waals surface area contributed by atoms with E-state index in [1.807, 2.05) is 24.4 Å². The lowest BCUT2D eigenvalue weighted by molar-refractivity contribution is 0.257. The van der Waals surface area contributed by atoms with Crippen molar-refractivity contribution in [1.29, 1.82) is 0 Å². The zero-order valence-corrected chi connectivity index (χ0v) is 14.0. The summed E-state index contributed by atoms with van der Waals surface area (Å²) < 4.78 is 0. The minimum absolute atomic E-state index is 0.133. The summed E-state index contributed by atoms with van der Waals surface area (Å²) >= 11 is 1.42. The highest BCUT2D eigenvalue weighted by Gasteiger charge is 2.25. The highest BCUT2D eigenvalue weighted by molar-refractivity contribution is 7.14. The van der Waals surface area contributed by atoms with Crippen molar-refractivity contribution >= 4 is 28.2 Å². The molecule has 0 atom stereocenters. The van der Waals surface area contributed by atoms with Gasteiger partial charge < -0.3 is 0 Å². The van der Waals surface area contributed by atoms with E-state index in [0.717, 1.165) is 28.9 Å². The topological polar surface area (TPSA) is 58.1 Å². The predicted molar refractivity (Wildman–Crippen MR) is 96.6 cm³/mol. The lowest BCUT2D eigenvalue weighted by Gasteiger charge is -2.17.